The number of carbonyl (C=O) groups is 2. The molecule has 2 aliphatic carbocycles. The van der Waals surface area contributed by atoms with Gasteiger partial charge in [-0.15, -0.1) is 0 Å². The molecule has 3 unspecified atom stereocenters. The molecular weight excluding hydrogens is 1130 g/mol. The largest absolute Gasteiger partial charge is 0.550 e. The number of carbonyl (C=O) groups excluding carboxylic acids is 1. The monoisotopic (exact) mass is 1220 g/mol. The zero-order valence-electron chi connectivity index (χ0n) is 51.0. The third-order valence-corrected chi connectivity index (χ3v) is 21.7. The molecule has 0 bridgehead atoms. The van der Waals surface area contributed by atoms with Crippen LogP contribution in [0.5, 0.6) is 0 Å². The summed E-state index contributed by atoms with van der Waals surface area (Å²) in [4.78, 5) is 21.5. The molecule has 5 N–H and O–H groups in total. The van der Waals surface area contributed by atoms with Crippen LogP contribution in [0.1, 0.15) is 127 Å². The topological polar surface area (TPSA) is 204 Å². The molecule has 0 spiro atoms. The number of carboxylic acid groups (broad SMARTS) is 2. The van der Waals surface area contributed by atoms with Crippen molar-refractivity contribution in [2.75, 3.05) is 13.2 Å². The molecule has 0 amide bonds. The van der Waals surface area contributed by atoms with E-state index in [1.54, 1.807) is 0 Å². The molecule has 5 aliphatic rings. The highest BCUT2D eigenvalue weighted by Crippen LogP contribution is 2.45. The van der Waals surface area contributed by atoms with Crippen LogP contribution in [-0.4, -0.2) is 112 Å². The van der Waals surface area contributed by atoms with Crippen molar-refractivity contribution in [2.24, 2.45) is 23.7 Å². The van der Waals surface area contributed by atoms with E-state index in [-0.39, 0.29) is 67.4 Å². The summed E-state index contributed by atoms with van der Waals surface area (Å²) < 4.78 is 29.7. The molecule has 3 saturated heterocycles. The number of benzene rings is 5. The van der Waals surface area contributed by atoms with Crippen molar-refractivity contribution in [1.29, 1.82) is 0 Å². The molecule has 2 saturated carbocycles. The van der Waals surface area contributed by atoms with Gasteiger partial charge in [0.25, 0.3) is 0 Å². The minimum atomic E-state index is -1.95. The number of hydrogen-bond acceptors (Lipinski definition) is 12. The molecule has 13 nitrogen and oxygen atoms in total. The summed E-state index contributed by atoms with van der Waals surface area (Å²) in [5, 5.41) is 64.8. The van der Waals surface area contributed by atoms with Crippen LogP contribution < -0.4 is 21.0 Å². The second-order valence-electron chi connectivity index (χ2n) is 23.9. The van der Waals surface area contributed by atoms with Crippen LogP contribution in [0.3, 0.4) is 0 Å². The third kappa shape index (κ3) is 21.4. The highest BCUT2D eigenvalue weighted by atomic mass is 31.2. The highest BCUT2D eigenvalue weighted by Gasteiger charge is 2.48. The van der Waals surface area contributed by atoms with E-state index in [0.29, 0.717) is 44.9 Å². The Morgan fingerprint density at radius 1 is 0.568 bits per heavy atom. The minimum Gasteiger partial charge on any atom is -0.550 e. The standard InChI is InChI=1S/C28H40O6.C23H32O5.C23H23O2P/c29-25-20-26(30)24(23(25)12-6-1-2-7-13-27(31)32)18-17-22(34-28-14-8-9-19-33-28)16-15-21-10-4-3-5-11-21;24-20-15-21-19(14-22(25)28-21)18(20)12-11-17(27-23-8-4-5-13-26-23)10-9-16-6-2-1-3-7-16;24-23(25)18-10-11-19-26(20-12-4-1-5-13-20,21-14-6-2-7-15-21)22-16-8-3-9-17-22/h1,3-6,10-11,17-18,22-26,28-30H,2,7-9,12-16,19-20H2,(H,31,32);1-3,6-7,11-12,17-25H,4-5,8-10,13-15H2;1-9,12-17,19H,10-11,18H2,(H,24,25)/p-1/b6-1-,18-17+;12-11+;/t22-,23+,24+,25-,26+,28?;17-,18+,19+,20+,21-,22?,23?;/m00./s1. The van der Waals surface area contributed by atoms with Crippen molar-refractivity contribution < 1.29 is 63.9 Å². The van der Waals surface area contributed by atoms with Crippen LogP contribution in [0.25, 0.3) is 0 Å². The van der Waals surface area contributed by atoms with E-state index in [1.165, 1.54) is 27.0 Å². The number of aliphatic hydroxyl groups is 4. The summed E-state index contributed by atoms with van der Waals surface area (Å²) in [7, 11) is 0. The molecule has 3 aliphatic heterocycles. The molecule has 10 rings (SSSR count). The van der Waals surface area contributed by atoms with Crippen LogP contribution in [0, 0.1) is 23.7 Å². The predicted molar refractivity (Wildman–Crippen MR) is 347 cm³/mol. The normalized spacial score (nSPS) is 26.0. The van der Waals surface area contributed by atoms with E-state index < -0.39 is 43.4 Å². The predicted octanol–water partition coefficient (Wildman–Crippen LogP) is 10.5. The average molecular weight is 1220 g/mol. The summed E-state index contributed by atoms with van der Waals surface area (Å²) in [6, 6.07) is 52.4. The van der Waals surface area contributed by atoms with Gasteiger partial charge in [0.1, 0.15) is 0 Å². The number of fused-ring (bicyclic) bond motifs is 1. The van der Waals surface area contributed by atoms with Crippen molar-refractivity contribution in [2.45, 2.75) is 184 Å². The number of carboxylic acids is 2. The molecule has 5 aromatic rings. The molecule has 5 fully saturated rings. The van der Waals surface area contributed by atoms with Crippen molar-refractivity contribution in [3.05, 3.63) is 199 Å². The van der Waals surface area contributed by atoms with E-state index in [0.717, 1.165) is 83.8 Å². The Labute approximate surface area is 522 Å². The van der Waals surface area contributed by atoms with Gasteiger partial charge in [-0.25, -0.2) is 0 Å². The lowest BCUT2D eigenvalue weighted by atomic mass is 9.89. The summed E-state index contributed by atoms with van der Waals surface area (Å²) in [6.45, 7) is -0.457. The highest BCUT2D eigenvalue weighted by molar-refractivity contribution is 7.94. The minimum absolute atomic E-state index is 0.0113. The van der Waals surface area contributed by atoms with Crippen molar-refractivity contribution in [3.8, 4) is 0 Å². The van der Waals surface area contributed by atoms with E-state index in [1.807, 2.05) is 60.7 Å². The summed E-state index contributed by atoms with van der Waals surface area (Å²) in [6.07, 6.45) is 24.3. The average Bonchev–Trinajstić information content (AvgIpc) is 1.13. The third-order valence-electron chi connectivity index (χ3n) is 17.6. The Balaban J connectivity index is 0.000000173. The summed E-state index contributed by atoms with van der Waals surface area (Å²) in [5.74, 6) is 0.573. The molecule has 5 aromatic carbocycles. The number of aliphatic hydroxyl groups excluding tert-OH is 4. The van der Waals surface area contributed by atoms with Gasteiger partial charge in [-0.2, -0.15) is 0 Å². The summed E-state index contributed by atoms with van der Waals surface area (Å²) >= 11 is 0. The maximum absolute atomic E-state index is 10.8. The first kappa shape index (κ1) is 68.1. The Kier molecular flexibility index (Phi) is 28.5. The Morgan fingerprint density at radius 2 is 1.05 bits per heavy atom. The van der Waals surface area contributed by atoms with Gasteiger partial charge in [-0.3, -0.25) is 4.79 Å². The molecule has 0 radical (unpaired) electrons. The number of aliphatic carboxylic acids is 2. The molecule has 3 heterocycles. The van der Waals surface area contributed by atoms with E-state index >= 15 is 0 Å². The van der Waals surface area contributed by atoms with Crippen LogP contribution in [0.4, 0.5) is 0 Å². The second kappa shape index (κ2) is 36.8. The van der Waals surface area contributed by atoms with Gasteiger partial charge in [0.15, 0.2) is 18.9 Å². The van der Waals surface area contributed by atoms with Crippen LogP contribution in [0.2, 0.25) is 0 Å². The van der Waals surface area contributed by atoms with Gasteiger partial charge in [0.2, 0.25) is 0 Å². The van der Waals surface area contributed by atoms with Gasteiger partial charge >= 0.3 is 5.97 Å². The fraction of sp³-hybridized carbons (Fsp3) is 0.473. The number of allylic oxidation sites excluding steroid dienone is 2. The summed E-state index contributed by atoms with van der Waals surface area (Å²) in [5.41, 5.74) is 2.55. The fourth-order valence-electron chi connectivity index (χ4n) is 12.9. The number of hydrogen-bond donors (Lipinski definition) is 5. The molecular formula is C74H94O13P-. The van der Waals surface area contributed by atoms with Crippen LogP contribution in [0.15, 0.2) is 188 Å². The maximum atomic E-state index is 10.8. The van der Waals surface area contributed by atoms with Crippen LogP contribution >= 0.6 is 6.89 Å². The zero-order chi connectivity index (χ0) is 61.8. The SMILES string of the molecule is O=C(O)CCC/C=C\C[C@@H]1[C@@H](/C=C/[C@H](CCc2ccccc2)OC2CCCCO2)[C@H](O)C[C@@H]1O.O=C([O-])CCCC=P(c1ccccc1)(c1ccccc1)c1ccccc1.OC1C[C@@H]2[C@@H](/C=C/[C@H](CCc3ccccc3)OC3CCCCO3)[C@H](O)C[C@@H]2O1. The molecule has 0 aromatic heterocycles. The van der Waals surface area contributed by atoms with E-state index in [9.17, 15) is 35.1 Å². The molecule has 474 valence electrons. The maximum Gasteiger partial charge on any atom is 0.303 e. The fourth-order valence-corrected chi connectivity index (χ4v) is 16.9. The smallest absolute Gasteiger partial charge is 0.303 e. The Hall–Kier alpha value is -5.80. The van der Waals surface area contributed by atoms with Gasteiger partial charge in [0.05, 0.1) is 36.6 Å². The Morgan fingerprint density at radius 3 is 1.52 bits per heavy atom. The number of rotatable bonds is 27. The lowest BCUT2D eigenvalue weighted by Crippen LogP contribution is -2.28. The van der Waals surface area contributed by atoms with Gasteiger partial charge in [-0.1, -0.05) is 194 Å². The lowest BCUT2D eigenvalue weighted by Gasteiger charge is -2.29. The number of aryl methyl sites for hydroxylation is 2. The lowest BCUT2D eigenvalue weighted by molar-refractivity contribution is -0.305. The van der Waals surface area contributed by atoms with Crippen molar-refractivity contribution in [1.82, 2.24) is 0 Å². The van der Waals surface area contributed by atoms with Gasteiger partial charge in [0, 0.05) is 56.7 Å². The number of unbranched alkanes of at least 4 members (excludes halogenated alkanes) is 2. The zero-order valence-corrected chi connectivity index (χ0v) is 51.9. The van der Waals surface area contributed by atoms with Crippen LogP contribution in [-0.2, 0) is 46.1 Å². The quantitative estimate of drug-likeness (QED) is 0.0189. The molecule has 14 heteroatoms. The van der Waals surface area contributed by atoms with E-state index in [4.69, 9.17) is 28.8 Å². The van der Waals surface area contributed by atoms with Gasteiger partial charge < -0.3 is 59.1 Å². The first-order valence-corrected chi connectivity index (χ1v) is 34.1. The second-order valence-corrected chi connectivity index (χ2v) is 27.3. The molecule has 13 atom stereocenters. The Bertz CT molecular complexity index is 2810. The number of ether oxygens (including phenoxy) is 5. The van der Waals surface area contributed by atoms with Gasteiger partial charge in [-0.05, 0) is 148 Å². The first-order valence-electron chi connectivity index (χ1n) is 32.3. The van der Waals surface area contributed by atoms with Crippen molar-refractivity contribution in [3.63, 3.8) is 0 Å². The van der Waals surface area contributed by atoms with E-state index in [2.05, 4.69) is 133 Å². The van der Waals surface area contributed by atoms with Crippen molar-refractivity contribution >= 4 is 40.5 Å². The molecule has 88 heavy (non-hydrogen) atoms. The first-order chi connectivity index (χ1) is 42.9.